The van der Waals surface area contributed by atoms with Crippen molar-refractivity contribution in [2.45, 2.75) is 37.4 Å². The van der Waals surface area contributed by atoms with Crippen LogP contribution in [0.25, 0.3) is 0 Å². The van der Waals surface area contributed by atoms with Crippen molar-refractivity contribution >= 4 is 59.3 Å². The molecule has 0 aromatic heterocycles. The number of unbranched alkanes of at least 4 members (excludes halogenated alkanes) is 1. The van der Waals surface area contributed by atoms with E-state index >= 15 is 0 Å². The number of hydrogen-bond acceptors (Lipinski definition) is 17. The molecular formula is C44H63N9O17. The van der Waals surface area contributed by atoms with Crippen LogP contribution in [0.3, 0.4) is 0 Å². The zero-order valence-corrected chi connectivity index (χ0v) is 38.8. The van der Waals surface area contributed by atoms with Crippen LogP contribution in [0, 0.1) is 0 Å². The number of amides is 6. The fourth-order valence-corrected chi connectivity index (χ4v) is 7.83. The number of benzene rings is 1. The van der Waals surface area contributed by atoms with Crippen LogP contribution in [0.5, 0.6) is 0 Å². The Morgan fingerprint density at radius 2 is 1.24 bits per heavy atom. The Hall–Kier alpha value is -6.42. The number of imide groups is 1. The van der Waals surface area contributed by atoms with Crippen molar-refractivity contribution in [2.24, 2.45) is 0 Å². The molecule has 1 aromatic rings. The zero-order chi connectivity index (χ0) is 51.0. The van der Waals surface area contributed by atoms with Crippen molar-refractivity contribution in [3.05, 3.63) is 47.5 Å². The van der Waals surface area contributed by atoms with Gasteiger partial charge in [-0.05, 0) is 37.0 Å². The molecule has 386 valence electrons. The number of ether oxygens (including phenoxy) is 3. The highest BCUT2D eigenvalue weighted by Gasteiger charge is 2.37. The minimum atomic E-state index is -1.35. The monoisotopic (exact) mass is 989 g/mol. The van der Waals surface area contributed by atoms with Crippen LogP contribution in [-0.4, -0.2) is 248 Å². The third kappa shape index (κ3) is 19.9. The first-order valence-electron chi connectivity index (χ1n) is 22.8. The molecule has 3 unspecified atom stereocenters. The summed E-state index contributed by atoms with van der Waals surface area (Å²) in [7, 11) is 0. The van der Waals surface area contributed by atoms with Gasteiger partial charge in [0, 0.05) is 83.2 Å². The van der Waals surface area contributed by atoms with E-state index in [2.05, 4.69) is 21.3 Å². The van der Waals surface area contributed by atoms with Crippen molar-refractivity contribution in [1.82, 2.24) is 45.8 Å². The molecule has 26 heteroatoms. The Bertz CT molecular complexity index is 1990. The van der Waals surface area contributed by atoms with Crippen LogP contribution in [0.1, 0.15) is 41.2 Å². The van der Waals surface area contributed by atoms with Gasteiger partial charge in [-0.3, -0.25) is 67.7 Å². The second-order valence-corrected chi connectivity index (χ2v) is 16.5. The van der Waals surface area contributed by atoms with Crippen molar-refractivity contribution in [1.29, 1.82) is 0 Å². The van der Waals surface area contributed by atoms with Gasteiger partial charge in [0.25, 0.3) is 17.7 Å². The summed E-state index contributed by atoms with van der Waals surface area (Å²) < 4.78 is 16.6. The molecule has 0 spiro atoms. The predicted octanol–water partition coefficient (Wildman–Crippen LogP) is -3.74. The molecular weight excluding hydrogens is 927 g/mol. The van der Waals surface area contributed by atoms with Crippen LogP contribution in [-0.2, 0) is 57.4 Å². The lowest BCUT2D eigenvalue weighted by Crippen LogP contribution is -2.58. The fraction of sp³-hybridized carbons (Fsp3) is 0.591. The Kier molecular flexibility index (Phi) is 23.7. The number of nitrogens with one attached hydrogen (secondary N) is 4. The number of aliphatic carboxylic acids is 4. The summed E-state index contributed by atoms with van der Waals surface area (Å²) >= 11 is 0. The molecule has 0 radical (unpaired) electrons. The number of hydrogen-bond donors (Lipinski definition) is 8. The lowest BCUT2D eigenvalue weighted by atomic mass is 9.94. The standard InChI is InChI=1S/C44H63N9O17/c54-33(47-32(44(66)67)6-1-2-10-53-35(56)7-8-36(53)57)25-46-42(64)31-5-3-4-30(24-31)40-41(43(65)45-9-19-68-20-21-69-22-23-70-29-34(55)48-40)52-17-15-50(27-38(60)61)13-11-49(26-37(58)59)12-14-51(16-18-52)28-39(62)63/h3-5,7-8,24,32,40-41H,1-2,6,9-23,25-29H2,(H,45,65)(H,46,64)(H,47,54)(H,48,55)(H,58,59)(H,60,61)(H,62,63)(H,66,67). The fourth-order valence-electron chi connectivity index (χ4n) is 7.83. The van der Waals surface area contributed by atoms with E-state index in [-0.39, 0.29) is 135 Å². The van der Waals surface area contributed by atoms with E-state index in [4.69, 9.17) is 14.2 Å². The van der Waals surface area contributed by atoms with Gasteiger partial charge in [-0.15, -0.1) is 0 Å². The number of rotatable bonds is 18. The van der Waals surface area contributed by atoms with Gasteiger partial charge in [0.05, 0.1) is 65.3 Å². The molecule has 1 aromatic carbocycles. The van der Waals surface area contributed by atoms with Gasteiger partial charge in [0.2, 0.25) is 17.7 Å². The van der Waals surface area contributed by atoms with E-state index in [0.29, 0.717) is 0 Å². The maximum atomic E-state index is 14.6. The molecule has 0 aliphatic carbocycles. The Morgan fingerprint density at radius 3 is 1.80 bits per heavy atom. The molecule has 26 nitrogen and oxygen atoms in total. The average Bonchev–Trinajstić information content (AvgIpc) is 3.62. The summed E-state index contributed by atoms with van der Waals surface area (Å²) in [5.41, 5.74) is 0.202. The minimum Gasteiger partial charge on any atom is -0.480 e. The average molecular weight is 990 g/mol. The Morgan fingerprint density at radius 1 is 0.700 bits per heavy atom. The molecule has 70 heavy (non-hydrogen) atoms. The van der Waals surface area contributed by atoms with Crippen molar-refractivity contribution in [3.63, 3.8) is 0 Å². The number of nitrogens with zero attached hydrogens (tertiary/aromatic N) is 5. The van der Waals surface area contributed by atoms with Crippen molar-refractivity contribution in [3.8, 4) is 0 Å². The van der Waals surface area contributed by atoms with Crippen molar-refractivity contribution in [2.75, 3.05) is 131 Å². The summed E-state index contributed by atoms with van der Waals surface area (Å²) in [5, 5.41) is 49.5. The molecule has 0 saturated carbocycles. The van der Waals surface area contributed by atoms with Crippen LogP contribution >= 0.6 is 0 Å². The highest BCUT2D eigenvalue weighted by Crippen LogP contribution is 2.24. The number of carbonyl (C=O) groups is 10. The van der Waals surface area contributed by atoms with Gasteiger partial charge in [0.1, 0.15) is 18.7 Å². The summed E-state index contributed by atoms with van der Waals surface area (Å²) in [6.45, 7) is -1.20. The summed E-state index contributed by atoms with van der Waals surface area (Å²) in [5.74, 6) is -8.64. The molecule has 6 amide bonds. The molecule has 3 aliphatic rings. The van der Waals surface area contributed by atoms with Crippen LogP contribution < -0.4 is 21.3 Å². The Balaban J connectivity index is 1.63. The highest BCUT2D eigenvalue weighted by atomic mass is 16.5. The van der Waals surface area contributed by atoms with E-state index in [1.54, 1.807) is 25.7 Å². The van der Waals surface area contributed by atoms with E-state index in [9.17, 15) is 68.4 Å². The van der Waals surface area contributed by atoms with Crippen molar-refractivity contribution < 1.29 is 82.6 Å². The number of carboxylic acids is 4. The molecule has 0 bridgehead atoms. The van der Waals surface area contributed by atoms with E-state index < -0.39 is 104 Å². The van der Waals surface area contributed by atoms with Gasteiger partial charge < -0.3 is 55.9 Å². The third-order valence-corrected chi connectivity index (χ3v) is 11.3. The topological polar surface area (TPSA) is 344 Å². The van der Waals surface area contributed by atoms with Gasteiger partial charge in [-0.25, -0.2) is 4.79 Å². The highest BCUT2D eigenvalue weighted by molar-refractivity contribution is 6.12. The second-order valence-electron chi connectivity index (χ2n) is 16.5. The Labute approximate surface area is 403 Å². The lowest BCUT2D eigenvalue weighted by Gasteiger charge is -2.39. The molecule has 3 atom stereocenters. The van der Waals surface area contributed by atoms with Gasteiger partial charge in [0.15, 0.2) is 0 Å². The summed E-state index contributed by atoms with van der Waals surface area (Å²) in [4.78, 5) is 134. The van der Waals surface area contributed by atoms with Crippen LogP contribution in [0.15, 0.2) is 36.4 Å². The molecule has 2 saturated heterocycles. The van der Waals surface area contributed by atoms with E-state index in [1.165, 1.54) is 18.2 Å². The molecule has 8 N–H and O–H groups in total. The van der Waals surface area contributed by atoms with Gasteiger partial charge in [-0.1, -0.05) is 12.1 Å². The first kappa shape index (κ1) is 56.2. The maximum Gasteiger partial charge on any atom is 0.326 e. The minimum absolute atomic E-state index is 0.00816. The summed E-state index contributed by atoms with van der Waals surface area (Å²) in [6.07, 6.45) is 2.76. The molecule has 4 rings (SSSR count). The predicted molar refractivity (Wildman–Crippen MR) is 242 cm³/mol. The zero-order valence-electron chi connectivity index (χ0n) is 38.8. The smallest absolute Gasteiger partial charge is 0.326 e. The lowest BCUT2D eigenvalue weighted by molar-refractivity contribution is -0.142. The van der Waals surface area contributed by atoms with Gasteiger partial charge in [-0.2, -0.15) is 0 Å². The first-order valence-corrected chi connectivity index (χ1v) is 22.8. The maximum absolute atomic E-state index is 14.6. The number of carbonyl (C=O) groups excluding carboxylic acids is 6. The van der Waals surface area contributed by atoms with E-state index in [0.717, 1.165) is 17.1 Å². The summed E-state index contributed by atoms with van der Waals surface area (Å²) in [6, 6.07) is 1.89. The largest absolute Gasteiger partial charge is 0.480 e. The molecule has 3 heterocycles. The normalized spacial score (nSPS) is 21.1. The number of carboxylic acid groups (broad SMARTS) is 4. The quantitative estimate of drug-likeness (QED) is 0.0518. The van der Waals surface area contributed by atoms with Crippen LogP contribution in [0.4, 0.5) is 0 Å². The van der Waals surface area contributed by atoms with Gasteiger partial charge >= 0.3 is 23.9 Å². The van der Waals surface area contributed by atoms with E-state index in [1.807, 2.05) is 0 Å². The molecule has 3 aliphatic heterocycles. The SMILES string of the molecule is O=C(O)CN1CCN(CC(=O)O)CCN(C2C(=O)NCCOCCOCCOCC(=O)NC2c2cccc(C(=O)NCC(=O)NC(CCCCN3C(=O)C=CC3=O)C(=O)O)c2)CCN(CC(=O)O)CC1. The third-order valence-electron chi connectivity index (χ3n) is 11.3. The first-order chi connectivity index (χ1) is 33.5. The molecule has 2 fully saturated rings. The second kappa shape index (κ2) is 29.6. The van der Waals surface area contributed by atoms with Crippen LogP contribution in [0.2, 0.25) is 0 Å².